The van der Waals surface area contributed by atoms with Gasteiger partial charge in [-0.15, -0.1) is 12.4 Å². The number of amides is 2. The fraction of sp³-hybridized carbons (Fsp3) is 0.867. The molecule has 1 saturated carbocycles. The summed E-state index contributed by atoms with van der Waals surface area (Å²) in [5.74, 6) is 0.986. The maximum atomic E-state index is 12.4. The fourth-order valence-electron chi connectivity index (χ4n) is 3.23. The molecule has 2 N–H and O–H groups in total. The molecule has 1 aliphatic carbocycles. The van der Waals surface area contributed by atoms with Crippen LogP contribution in [0.5, 0.6) is 0 Å². The lowest BCUT2D eigenvalue weighted by atomic mass is 9.96. The summed E-state index contributed by atoms with van der Waals surface area (Å²) in [5.41, 5.74) is 0. The van der Waals surface area contributed by atoms with Crippen LogP contribution < -0.4 is 10.6 Å². The van der Waals surface area contributed by atoms with Gasteiger partial charge in [-0.25, -0.2) is 0 Å². The first-order valence-corrected chi connectivity index (χ1v) is 8.04. The van der Waals surface area contributed by atoms with E-state index >= 15 is 0 Å². The summed E-state index contributed by atoms with van der Waals surface area (Å²) in [4.78, 5) is 26.1. The zero-order chi connectivity index (χ0) is 13.9. The highest BCUT2D eigenvalue weighted by atomic mass is 35.5. The lowest BCUT2D eigenvalue weighted by Crippen LogP contribution is -2.50. The number of carbonyl (C=O) groups is 2. The summed E-state index contributed by atoms with van der Waals surface area (Å²) in [6.07, 6.45) is 6.04. The monoisotopic (exact) mass is 315 g/mol. The molecule has 120 valence electrons. The van der Waals surface area contributed by atoms with Gasteiger partial charge in [-0.2, -0.15) is 0 Å². The van der Waals surface area contributed by atoms with Crippen molar-refractivity contribution in [3.8, 4) is 0 Å². The number of halogens is 1. The SMILES string of the molecule is Cl.O=C(NC1CCN(C(=O)[C@@H]2CCCNC2)CC1)C1CC1. The molecule has 3 rings (SSSR count). The molecule has 0 unspecified atom stereocenters. The van der Waals surface area contributed by atoms with Gasteiger partial charge < -0.3 is 15.5 Å². The zero-order valence-corrected chi connectivity index (χ0v) is 13.3. The Morgan fingerprint density at radius 3 is 2.29 bits per heavy atom. The van der Waals surface area contributed by atoms with Crippen molar-refractivity contribution in [2.24, 2.45) is 11.8 Å². The highest BCUT2D eigenvalue weighted by Crippen LogP contribution is 2.29. The largest absolute Gasteiger partial charge is 0.353 e. The second kappa shape index (κ2) is 7.45. The summed E-state index contributed by atoms with van der Waals surface area (Å²) in [7, 11) is 0. The number of hydrogen-bond donors (Lipinski definition) is 2. The van der Waals surface area contributed by atoms with Crippen molar-refractivity contribution in [2.45, 2.75) is 44.6 Å². The molecule has 2 aliphatic heterocycles. The number of likely N-dealkylation sites (tertiary alicyclic amines) is 1. The maximum absolute atomic E-state index is 12.4. The Kier molecular flexibility index (Phi) is 5.88. The topological polar surface area (TPSA) is 61.4 Å². The number of carbonyl (C=O) groups excluding carboxylic acids is 2. The lowest BCUT2D eigenvalue weighted by molar-refractivity contribution is -0.137. The molecule has 2 heterocycles. The molecular weight excluding hydrogens is 290 g/mol. The Balaban J connectivity index is 0.00000161. The van der Waals surface area contributed by atoms with Gasteiger partial charge in [0.1, 0.15) is 0 Å². The van der Waals surface area contributed by atoms with Crippen molar-refractivity contribution >= 4 is 24.2 Å². The van der Waals surface area contributed by atoms with Gasteiger partial charge in [0.05, 0.1) is 5.92 Å². The molecule has 0 spiro atoms. The minimum atomic E-state index is 0. The lowest BCUT2D eigenvalue weighted by Gasteiger charge is -2.35. The van der Waals surface area contributed by atoms with Crippen LogP contribution in [0.2, 0.25) is 0 Å². The molecule has 21 heavy (non-hydrogen) atoms. The Morgan fingerprint density at radius 2 is 1.71 bits per heavy atom. The quantitative estimate of drug-likeness (QED) is 0.814. The Morgan fingerprint density at radius 1 is 1.00 bits per heavy atom. The van der Waals surface area contributed by atoms with Gasteiger partial charge in [0.2, 0.25) is 11.8 Å². The van der Waals surface area contributed by atoms with Crippen molar-refractivity contribution < 1.29 is 9.59 Å². The molecule has 0 aromatic rings. The van der Waals surface area contributed by atoms with Gasteiger partial charge in [0.15, 0.2) is 0 Å². The van der Waals surface area contributed by atoms with Gasteiger partial charge >= 0.3 is 0 Å². The molecular formula is C15H26ClN3O2. The second-order valence-corrected chi connectivity index (χ2v) is 6.43. The summed E-state index contributed by atoms with van der Waals surface area (Å²) in [5, 5.41) is 6.44. The molecule has 1 atom stereocenters. The van der Waals surface area contributed by atoms with Gasteiger partial charge in [-0.3, -0.25) is 9.59 Å². The van der Waals surface area contributed by atoms with Gasteiger partial charge in [-0.05, 0) is 45.1 Å². The number of rotatable bonds is 3. The zero-order valence-electron chi connectivity index (χ0n) is 12.5. The highest BCUT2D eigenvalue weighted by Gasteiger charge is 2.33. The van der Waals surface area contributed by atoms with E-state index in [1.807, 2.05) is 4.90 Å². The molecule has 0 radical (unpaired) electrons. The van der Waals surface area contributed by atoms with Crippen LogP contribution in [-0.4, -0.2) is 48.9 Å². The molecule has 2 amide bonds. The summed E-state index contributed by atoms with van der Waals surface area (Å²) >= 11 is 0. The Labute approximate surface area is 132 Å². The van der Waals surface area contributed by atoms with Crippen LogP contribution in [0.1, 0.15) is 38.5 Å². The van der Waals surface area contributed by atoms with Crippen molar-refractivity contribution in [3.63, 3.8) is 0 Å². The Hall–Kier alpha value is -0.810. The number of piperidine rings is 2. The van der Waals surface area contributed by atoms with E-state index in [0.717, 1.165) is 64.7 Å². The summed E-state index contributed by atoms with van der Waals surface area (Å²) < 4.78 is 0. The third kappa shape index (κ3) is 4.33. The van der Waals surface area contributed by atoms with E-state index in [1.165, 1.54) is 0 Å². The van der Waals surface area contributed by atoms with Crippen LogP contribution in [0.15, 0.2) is 0 Å². The van der Waals surface area contributed by atoms with E-state index in [1.54, 1.807) is 0 Å². The van der Waals surface area contributed by atoms with Crippen LogP contribution in [0, 0.1) is 11.8 Å². The first-order chi connectivity index (χ1) is 9.74. The van der Waals surface area contributed by atoms with Crippen molar-refractivity contribution in [1.82, 2.24) is 15.5 Å². The molecule has 0 aromatic heterocycles. The van der Waals surface area contributed by atoms with E-state index in [9.17, 15) is 9.59 Å². The van der Waals surface area contributed by atoms with Crippen molar-refractivity contribution in [3.05, 3.63) is 0 Å². The summed E-state index contributed by atoms with van der Waals surface area (Å²) in [6.45, 7) is 3.46. The van der Waals surface area contributed by atoms with E-state index in [2.05, 4.69) is 10.6 Å². The molecule has 0 aromatic carbocycles. The fourth-order valence-corrected chi connectivity index (χ4v) is 3.23. The first kappa shape index (κ1) is 16.6. The summed E-state index contributed by atoms with van der Waals surface area (Å²) in [6, 6.07) is 0.275. The Bertz CT molecular complexity index is 373. The molecule has 5 nitrogen and oxygen atoms in total. The van der Waals surface area contributed by atoms with Crippen molar-refractivity contribution in [2.75, 3.05) is 26.2 Å². The third-order valence-corrected chi connectivity index (χ3v) is 4.75. The molecule has 6 heteroatoms. The average molecular weight is 316 g/mol. The smallest absolute Gasteiger partial charge is 0.226 e. The molecule has 3 fully saturated rings. The van der Waals surface area contributed by atoms with Gasteiger partial charge in [0.25, 0.3) is 0 Å². The van der Waals surface area contributed by atoms with E-state index in [-0.39, 0.29) is 36.2 Å². The van der Waals surface area contributed by atoms with Gasteiger partial charge in [0, 0.05) is 31.6 Å². The van der Waals surface area contributed by atoms with E-state index in [4.69, 9.17) is 0 Å². The molecule has 2 saturated heterocycles. The maximum Gasteiger partial charge on any atom is 0.226 e. The van der Waals surface area contributed by atoms with Crippen molar-refractivity contribution in [1.29, 1.82) is 0 Å². The van der Waals surface area contributed by atoms with E-state index < -0.39 is 0 Å². The van der Waals surface area contributed by atoms with Crippen LogP contribution >= 0.6 is 12.4 Å². The van der Waals surface area contributed by atoms with Crippen LogP contribution in [-0.2, 0) is 9.59 Å². The predicted octanol–water partition coefficient (Wildman–Crippen LogP) is 0.925. The minimum Gasteiger partial charge on any atom is -0.353 e. The van der Waals surface area contributed by atoms with Gasteiger partial charge in [-0.1, -0.05) is 0 Å². The predicted molar refractivity (Wildman–Crippen MR) is 83.3 cm³/mol. The first-order valence-electron chi connectivity index (χ1n) is 8.04. The highest BCUT2D eigenvalue weighted by molar-refractivity contribution is 5.85. The third-order valence-electron chi connectivity index (χ3n) is 4.75. The van der Waals surface area contributed by atoms with E-state index in [0.29, 0.717) is 5.91 Å². The number of nitrogens with zero attached hydrogens (tertiary/aromatic N) is 1. The minimum absolute atomic E-state index is 0. The number of hydrogen-bond acceptors (Lipinski definition) is 3. The number of nitrogens with one attached hydrogen (secondary N) is 2. The van der Waals surface area contributed by atoms with Crippen LogP contribution in [0.4, 0.5) is 0 Å². The van der Waals surface area contributed by atoms with Crippen LogP contribution in [0.25, 0.3) is 0 Å². The normalized spacial score (nSPS) is 26.9. The molecule has 0 bridgehead atoms. The average Bonchev–Trinajstić information content (AvgIpc) is 3.33. The standard InChI is InChI=1S/C15H25N3O2.ClH/c19-14(11-3-4-11)17-13-5-8-18(9-6-13)15(20)12-2-1-7-16-10-12;/h11-13,16H,1-10H2,(H,17,19);1H/t12-;/m1./s1. The molecule has 3 aliphatic rings. The second-order valence-electron chi connectivity index (χ2n) is 6.43. The van der Waals surface area contributed by atoms with Crippen LogP contribution in [0.3, 0.4) is 0 Å².